The Morgan fingerprint density at radius 1 is 1.00 bits per heavy atom. The molecule has 150 valence electrons. The van der Waals surface area contributed by atoms with Crippen LogP contribution in [0.5, 0.6) is 5.75 Å². The van der Waals surface area contributed by atoms with Crippen LogP contribution in [0.4, 0.5) is 0 Å². The lowest BCUT2D eigenvalue weighted by molar-refractivity contribution is -0.129. The Morgan fingerprint density at radius 3 is 2.33 bits per heavy atom. The van der Waals surface area contributed by atoms with Gasteiger partial charge in [0.25, 0.3) is 0 Å². The van der Waals surface area contributed by atoms with Gasteiger partial charge >= 0.3 is 5.97 Å². The summed E-state index contributed by atoms with van der Waals surface area (Å²) in [4.78, 5) is 16.6. The molecule has 4 rings (SSSR count). The summed E-state index contributed by atoms with van der Waals surface area (Å²) < 4.78 is 12.8. The summed E-state index contributed by atoms with van der Waals surface area (Å²) in [6.07, 6.45) is 1.69. The molecule has 4 nitrogen and oxygen atoms in total. The molecule has 3 aromatic carbocycles. The van der Waals surface area contributed by atoms with Crippen LogP contribution in [-0.4, -0.2) is 11.9 Å². The molecule has 3 aromatic rings. The number of ether oxygens (including phenoxy) is 2. The van der Waals surface area contributed by atoms with E-state index in [0.717, 1.165) is 25.6 Å². The van der Waals surface area contributed by atoms with Crippen molar-refractivity contribution in [2.45, 2.75) is 13.5 Å². The molecule has 0 N–H and O–H groups in total. The van der Waals surface area contributed by atoms with Crippen molar-refractivity contribution >= 4 is 49.8 Å². The zero-order valence-electron chi connectivity index (χ0n) is 16.1. The molecule has 0 unspecified atom stereocenters. The summed E-state index contributed by atoms with van der Waals surface area (Å²) in [5.74, 6) is 0.532. The molecule has 0 amide bonds. The van der Waals surface area contributed by atoms with Gasteiger partial charge < -0.3 is 9.47 Å². The van der Waals surface area contributed by atoms with Gasteiger partial charge in [-0.2, -0.15) is 0 Å². The van der Waals surface area contributed by atoms with Gasteiger partial charge in [-0.05, 0) is 80.3 Å². The number of aliphatic imine (C=N–C) groups is 1. The standard InChI is InChI=1S/C24H17Br2NO3/c1-15-7-9-16(10-8-15)14-29-22-19(25)11-17(12-20(22)26)13-21-24(28)30-23(27-21)18-5-3-2-4-6-18/h2-13H,14H2,1H3/b21-13-. The first kappa shape index (κ1) is 20.6. The van der Waals surface area contributed by atoms with E-state index in [1.807, 2.05) is 54.6 Å². The number of halogens is 2. The van der Waals surface area contributed by atoms with Gasteiger partial charge in [0, 0.05) is 5.56 Å². The van der Waals surface area contributed by atoms with E-state index in [9.17, 15) is 4.79 Å². The van der Waals surface area contributed by atoms with Crippen molar-refractivity contribution in [1.29, 1.82) is 0 Å². The van der Waals surface area contributed by atoms with Crippen LogP contribution in [0.1, 0.15) is 22.3 Å². The summed E-state index contributed by atoms with van der Waals surface area (Å²) in [5.41, 5.74) is 4.10. The third-order valence-electron chi connectivity index (χ3n) is 4.47. The molecule has 0 spiro atoms. The molecule has 0 aliphatic carbocycles. The molecule has 1 aliphatic heterocycles. The van der Waals surface area contributed by atoms with Crippen molar-refractivity contribution < 1.29 is 14.3 Å². The number of aryl methyl sites for hydroxylation is 1. The van der Waals surface area contributed by atoms with E-state index in [4.69, 9.17) is 9.47 Å². The van der Waals surface area contributed by atoms with Crippen LogP contribution < -0.4 is 4.74 Å². The number of carbonyl (C=O) groups is 1. The van der Waals surface area contributed by atoms with Gasteiger partial charge in [-0.25, -0.2) is 9.79 Å². The molecule has 0 atom stereocenters. The molecule has 0 radical (unpaired) electrons. The van der Waals surface area contributed by atoms with Crippen molar-refractivity contribution in [3.8, 4) is 5.75 Å². The highest BCUT2D eigenvalue weighted by molar-refractivity contribution is 9.11. The average molecular weight is 527 g/mol. The predicted molar refractivity (Wildman–Crippen MR) is 124 cm³/mol. The van der Waals surface area contributed by atoms with Crippen LogP contribution in [0.25, 0.3) is 6.08 Å². The third-order valence-corrected chi connectivity index (χ3v) is 5.65. The number of hydrogen-bond acceptors (Lipinski definition) is 4. The molecule has 0 saturated carbocycles. The number of benzene rings is 3. The molecule has 0 aromatic heterocycles. The predicted octanol–water partition coefficient (Wildman–Crippen LogP) is 6.44. The van der Waals surface area contributed by atoms with E-state index in [1.54, 1.807) is 6.08 Å². The minimum Gasteiger partial charge on any atom is -0.487 e. The Labute approximate surface area is 191 Å². The second-order valence-electron chi connectivity index (χ2n) is 6.79. The van der Waals surface area contributed by atoms with Crippen LogP contribution in [0.15, 0.2) is 86.4 Å². The van der Waals surface area contributed by atoms with Gasteiger partial charge in [-0.15, -0.1) is 0 Å². The molecule has 6 heteroatoms. The lowest BCUT2D eigenvalue weighted by Gasteiger charge is -2.11. The summed E-state index contributed by atoms with van der Waals surface area (Å²) in [6, 6.07) is 21.3. The van der Waals surface area contributed by atoms with E-state index in [-0.39, 0.29) is 5.70 Å². The Hall–Kier alpha value is -2.70. The van der Waals surface area contributed by atoms with Crippen LogP contribution in [0.2, 0.25) is 0 Å². The second kappa shape index (κ2) is 8.98. The Bertz CT molecular complexity index is 1130. The fourth-order valence-corrected chi connectivity index (χ4v) is 4.36. The largest absolute Gasteiger partial charge is 0.487 e. The first-order valence-corrected chi connectivity index (χ1v) is 10.8. The van der Waals surface area contributed by atoms with E-state index < -0.39 is 5.97 Å². The van der Waals surface area contributed by atoms with Crippen LogP contribution >= 0.6 is 31.9 Å². The monoisotopic (exact) mass is 525 g/mol. The third kappa shape index (κ3) is 4.71. The molecule has 0 fully saturated rings. The second-order valence-corrected chi connectivity index (χ2v) is 8.50. The van der Waals surface area contributed by atoms with E-state index in [2.05, 4.69) is 55.9 Å². The van der Waals surface area contributed by atoms with Gasteiger partial charge in [-0.1, -0.05) is 48.0 Å². The summed E-state index contributed by atoms with van der Waals surface area (Å²) in [6.45, 7) is 2.51. The summed E-state index contributed by atoms with van der Waals surface area (Å²) in [5, 5.41) is 0. The van der Waals surface area contributed by atoms with Gasteiger partial charge in [0.1, 0.15) is 12.4 Å². The molecule has 30 heavy (non-hydrogen) atoms. The lowest BCUT2D eigenvalue weighted by Crippen LogP contribution is -2.04. The van der Waals surface area contributed by atoms with Crippen LogP contribution in [0, 0.1) is 6.92 Å². The molecule has 1 aliphatic rings. The summed E-state index contributed by atoms with van der Waals surface area (Å²) in [7, 11) is 0. The molecule has 1 heterocycles. The first-order chi connectivity index (χ1) is 14.5. The number of esters is 1. The normalized spacial score (nSPS) is 14.6. The quantitative estimate of drug-likeness (QED) is 0.284. The minimum absolute atomic E-state index is 0.251. The fourth-order valence-electron chi connectivity index (χ4n) is 2.91. The lowest BCUT2D eigenvalue weighted by atomic mass is 10.1. The smallest absolute Gasteiger partial charge is 0.363 e. The Morgan fingerprint density at radius 2 is 1.67 bits per heavy atom. The number of cyclic esters (lactones) is 1. The van der Waals surface area contributed by atoms with Gasteiger partial charge in [0.2, 0.25) is 5.90 Å². The maximum Gasteiger partial charge on any atom is 0.363 e. The first-order valence-electron chi connectivity index (χ1n) is 9.25. The SMILES string of the molecule is Cc1ccc(COc2c(Br)cc(/C=C3\N=C(c4ccccc4)OC3=O)cc2Br)cc1. The van der Waals surface area contributed by atoms with Crippen molar-refractivity contribution in [2.75, 3.05) is 0 Å². The molecule has 0 saturated heterocycles. The Balaban J connectivity index is 1.55. The van der Waals surface area contributed by atoms with Crippen LogP contribution in [0.3, 0.4) is 0 Å². The zero-order chi connectivity index (χ0) is 21.1. The van der Waals surface area contributed by atoms with Crippen molar-refractivity contribution in [2.24, 2.45) is 4.99 Å². The van der Waals surface area contributed by atoms with Gasteiger partial charge in [0.15, 0.2) is 5.70 Å². The van der Waals surface area contributed by atoms with E-state index in [1.165, 1.54) is 5.56 Å². The van der Waals surface area contributed by atoms with E-state index in [0.29, 0.717) is 18.3 Å². The number of nitrogens with zero attached hydrogens (tertiary/aromatic N) is 1. The molecular formula is C24H17Br2NO3. The van der Waals surface area contributed by atoms with Gasteiger partial charge in [-0.3, -0.25) is 0 Å². The topological polar surface area (TPSA) is 47.9 Å². The highest BCUT2D eigenvalue weighted by atomic mass is 79.9. The number of hydrogen-bond donors (Lipinski definition) is 0. The maximum absolute atomic E-state index is 12.2. The maximum atomic E-state index is 12.2. The van der Waals surface area contributed by atoms with Crippen molar-refractivity contribution in [3.63, 3.8) is 0 Å². The highest BCUT2D eigenvalue weighted by Crippen LogP contribution is 2.36. The zero-order valence-corrected chi connectivity index (χ0v) is 19.2. The van der Waals surface area contributed by atoms with E-state index >= 15 is 0 Å². The van der Waals surface area contributed by atoms with Crippen LogP contribution in [-0.2, 0) is 16.1 Å². The molecule has 0 bridgehead atoms. The Kier molecular flexibility index (Phi) is 6.16. The average Bonchev–Trinajstić information content (AvgIpc) is 3.10. The van der Waals surface area contributed by atoms with Gasteiger partial charge in [0.05, 0.1) is 8.95 Å². The number of rotatable bonds is 5. The highest BCUT2D eigenvalue weighted by Gasteiger charge is 2.24. The number of carbonyl (C=O) groups excluding carboxylic acids is 1. The minimum atomic E-state index is -0.471. The van der Waals surface area contributed by atoms with Crippen molar-refractivity contribution in [3.05, 3.63) is 104 Å². The van der Waals surface area contributed by atoms with Crippen molar-refractivity contribution in [1.82, 2.24) is 0 Å². The summed E-state index contributed by atoms with van der Waals surface area (Å²) >= 11 is 7.12. The fraction of sp³-hybridized carbons (Fsp3) is 0.0833. The molecular weight excluding hydrogens is 510 g/mol.